The summed E-state index contributed by atoms with van der Waals surface area (Å²) >= 11 is 0. The van der Waals surface area contributed by atoms with Gasteiger partial charge in [0.1, 0.15) is 11.2 Å². The van der Waals surface area contributed by atoms with Crippen LogP contribution in [0, 0.1) is 10.8 Å². The van der Waals surface area contributed by atoms with Crippen molar-refractivity contribution in [3.05, 3.63) is 0 Å². The average Bonchev–Trinajstić information content (AvgIpc) is 2.78. The SMILES string of the molecule is CCOC(=O)C12CCC[C@]3(CC(CC(C)=O)OC13O)CN(CC)C2. The van der Waals surface area contributed by atoms with Crippen molar-refractivity contribution >= 4 is 11.8 Å². The summed E-state index contributed by atoms with van der Waals surface area (Å²) in [7, 11) is 0. The molecule has 4 atom stereocenters. The average molecular weight is 339 g/mol. The highest BCUT2D eigenvalue weighted by molar-refractivity contribution is 5.80. The van der Waals surface area contributed by atoms with Gasteiger partial charge in [0.05, 0.1) is 12.7 Å². The zero-order valence-corrected chi connectivity index (χ0v) is 15.0. The number of hydrogen-bond donors (Lipinski definition) is 1. The normalized spacial score (nSPS) is 41.8. The maximum Gasteiger partial charge on any atom is 0.318 e. The van der Waals surface area contributed by atoms with E-state index in [0.29, 0.717) is 25.9 Å². The van der Waals surface area contributed by atoms with Crippen LogP contribution < -0.4 is 0 Å². The number of ether oxygens (including phenoxy) is 2. The van der Waals surface area contributed by atoms with E-state index in [-0.39, 0.29) is 30.9 Å². The molecule has 2 heterocycles. The molecule has 0 aromatic rings. The predicted molar refractivity (Wildman–Crippen MR) is 87.2 cm³/mol. The number of aliphatic hydroxyl groups is 1. The third-order valence-electron chi connectivity index (χ3n) is 6.23. The zero-order valence-electron chi connectivity index (χ0n) is 15.0. The summed E-state index contributed by atoms with van der Waals surface area (Å²) in [4.78, 5) is 26.7. The van der Waals surface area contributed by atoms with Gasteiger partial charge in [-0.3, -0.25) is 9.59 Å². The lowest BCUT2D eigenvalue weighted by Gasteiger charge is -2.60. The van der Waals surface area contributed by atoms with Crippen molar-refractivity contribution in [1.82, 2.24) is 4.90 Å². The molecule has 24 heavy (non-hydrogen) atoms. The van der Waals surface area contributed by atoms with E-state index >= 15 is 0 Å². The van der Waals surface area contributed by atoms with E-state index in [1.165, 1.54) is 0 Å². The molecule has 2 aliphatic heterocycles. The van der Waals surface area contributed by atoms with Crippen LogP contribution in [-0.2, 0) is 19.1 Å². The van der Waals surface area contributed by atoms with E-state index in [9.17, 15) is 14.7 Å². The van der Waals surface area contributed by atoms with E-state index in [1.54, 1.807) is 13.8 Å². The number of piperidine rings is 1. The van der Waals surface area contributed by atoms with Crippen LogP contribution in [0.1, 0.15) is 52.9 Å². The lowest BCUT2D eigenvalue weighted by atomic mass is 9.54. The molecular formula is C18H29NO5. The van der Waals surface area contributed by atoms with Gasteiger partial charge in [0.2, 0.25) is 0 Å². The fourth-order valence-corrected chi connectivity index (χ4v) is 5.31. The molecule has 0 aromatic heterocycles. The van der Waals surface area contributed by atoms with Gasteiger partial charge in [-0.2, -0.15) is 0 Å². The third-order valence-corrected chi connectivity index (χ3v) is 6.23. The predicted octanol–water partition coefficient (Wildman–Crippen LogP) is 1.50. The van der Waals surface area contributed by atoms with Crippen molar-refractivity contribution in [2.75, 3.05) is 26.2 Å². The second-order valence-electron chi connectivity index (χ2n) is 7.73. The number of esters is 1. The molecule has 3 unspecified atom stereocenters. The summed E-state index contributed by atoms with van der Waals surface area (Å²) < 4.78 is 11.5. The molecule has 1 N–H and O–H groups in total. The van der Waals surface area contributed by atoms with Gasteiger partial charge in [0, 0.05) is 24.9 Å². The number of hydrogen-bond acceptors (Lipinski definition) is 6. The summed E-state index contributed by atoms with van der Waals surface area (Å²) in [6.45, 7) is 7.65. The highest BCUT2D eigenvalue weighted by atomic mass is 16.6. The topological polar surface area (TPSA) is 76.1 Å². The van der Waals surface area contributed by atoms with Crippen LogP contribution in [0.5, 0.6) is 0 Å². The van der Waals surface area contributed by atoms with Gasteiger partial charge < -0.3 is 19.5 Å². The Morgan fingerprint density at radius 3 is 2.67 bits per heavy atom. The van der Waals surface area contributed by atoms with Crippen LogP contribution in [0.25, 0.3) is 0 Å². The second kappa shape index (κ2) is 6.07. The van der Waals surface area contributed by atoms with Gasteiger partial charge >= 0.3 is 5.97 Å². The molecule has 0 aromatic carbocycles. The summed E-state index contributed by atoms with van der Waals surface area (Å²) in [5.74, 6) is -1.85. The molecule has 136 valence electrons. The van der Waals surface area contributed by atoms with Crippen molar-refractivity contribution in [3.8, 4) is 0 Å². The monoisotopic (exact) mass is 339 g/mol. The van der Waals surface area contributed by atoms with Gasteiger partial charge in [-0.05, 0) is 39.7 Å². The Morgan fingerprint density at radius 1 is 1.29 bits per heavy atom. The van der Waals surface area contributed by atoms with Crippen molar-refractivity contribution in [2.45, 2.75) is 64.8 Å². The molecule has 6 heteroatoms. The lowest BCUT2D eigenvalue weighted by Crippen LogP contribution is -2.73. The fraction of sp³-hybridized carbons (Fsp3) is 0.889. The second-order valence-corrected chi connectivity index (χ2v) is 7.73. The minimum Gasteiger partial charge on any atom is -0.465 e. The van der Waals surface area contributed by atoms with Gasteiger partial charge in [-0.25, -0.2) is 0 Å². The Labute approximate surface area is 143 Å². The van der Waals surface area contributed by atoms with Crippen molar-refractivity contribution in [3.63, 3.8) is 0 Å². The quantitative estimate of drug-likeness (QED) is 0.765. The van der Waals surface area contributed by atoms with Gasteiger partial charge in [-0.1, -0.05) is 13.3 Å². The summed E-state index contributed by atoms with van der Waals surface area (Å²) in [5, 5.41) is 11.7. The minimum atomic E-state index is -1.53. The molecule has 2 bridgehead atoms. The van der Waals surface area contributed by atoms with E-state index in [2.05, 4.69) is 11.8 Å². The first-order valence-electron chi connectivity index (χ1n) is 9.12. The number of carbonyl (C=O) groups is 2. The van der Waals surface area contributed by atoms with Crippen molar-refractivity contribution < 1.29 is 24.2 Å². The molecule has 3 aliphatic rings. The fourth-order valence-electron chi connectivity index (χ4n) is 5.31. The summed E-state index contributed by atoms with van der Waals surface area (Å²) in [6.07, 6.45) is 2.84. The van der Waals surface area contributed by atoms with Crippen LogP contribution in [0.4, 0.5) is 0 Å². The van der Waals surface area contributed by atoms with Crippen LogP contribution in [0.3, 0.4) is 0 Å². The van der Waals surface area contributed by atoms with Crippen molar-refractivity contribution in [1.29, 1.82) is 0 Å². The van der Waals surface area contributed by atoms with Crippen LogP contribution in [0.2, 0.25) is 0 Å². The minimum absolute atomic E-state index is 0.0470. The summed E-state index contributed by atoms with van der Waals surface area (Å²) in [5.41, 5.74) is -1.55. The molecule has 1 aliphatic carbocycles. The molecular weight excluding hydrogens is 310 g/mol. The molecule has 2 saturated heterocycles. The molecule has 3 fully saturated rings. The molecule has 0 amide bonds. The highest BCUT2D eigenvalue weighted by Crippen LogP contribution is 2.64. The Kier molecular flexibility index (Phi) is 4.51. The van der Waals surface area contributed by atoms with Crippen LogP contribution in [0.15, 0.2) is 0 Å². The van der Waals surface area contributed by atoms with Gasteiger partial charge in [0.25, 0.3) is 0 Å². The summed E-state index contributed by atoms with van der Waals surface area (Å²) in [6, 6.07) is 0. The Bertz CT molecular complexity index is 538. The molecule has 1 saturated carbocycles. The van der Waals surface area contributed by atoms with E-state index < -0.39 is 16.6 Å². The largest absolute Gasteiger partial charge is 0.465 e. The van der Waals surface area contributed by atoms with Gasteiger partial charge in [0.15, 0.2) is 5.79 Å². The maximum atomic E-state index is 12.9. The first kappa shape index (κ1) is 17.8. The highest BCUT2D eigenvalue weighted by Gasteiger charge is 2.75. The third kappa shape index (κ3) is 2.34. The number of carbonyl (C=O) groups excluding carboxylic acids is 2. The first-order valence-corrected chi connectivity index (χ1v) is 9.12. The molecule has 0 radical (unpaired) electrons. The maximum absolute atomic E-state index is 12.9. The lowest BCUT2D eigenvalue weighted by molar-refractivity contribution is -0.338. The number of nitrogens with zero attached hydrogens (tertiary/aromatic N) is 1. The Morgan fingerprint density at radius 2 is 2.04 bits per heavy atom. The number of likely N-dealkylation sites (tertiary alicyclic amines) is 1. The van der Waals surface area contributed by atoms with Crippen LogP contribution >= 0.6 is 0 Å². The molecule has 0 spiro atoms. The Balaban J connectivity index is 2.03. The van der Waals surface area contributed by atoms with E-state index in [1.807, 2.05) is 0 Å². The van der Waals surface area contributed by atoms with E-state index in [0.717, 1.165) is 19.4 Å². The number of Topliss-reactive ketones (excluding diaryl/α,β-unsaturated/α-hetero) is 1. The zero-order chi connectivity index (χ0) is 17.6. The first-order chi connectivity index (χ1) is 11.3. The van der Waals surface area contributed by atoms with Gasteiger partial charge in [-0.15, -0.1) is 0 Å². The molecule has 6 nitrogen and oxygen atoms in total. The van der Waals surface area contributed by atoms with Crippen LogP contribution in [-0.4, -0.2) is 59.9 Å². The number of ketones is 1. The molecule has 3 rings (SSSR count). The standard InChI is InChI=1S/C18H29NO5/c1-4-19-11-16-7-6-8-17(12-19,15(21)23-5-2)18(16,22)24-14(10-16)9-13(3)20/h14,22H,4-12H2,1-3H3/t14?,16-,17?,18?/m0/s1. The smallest absolute Gasteiger partial charge is 0.318 e. The van der Waals surface area contributed by atoms with Crippen molar-refractivity contribution in [2.24, 2.45) is 10.8 Å². The Hall–Kier alpha value is -0.980. The number of rotatable bonds is 5. The van der Waals surface area contributed by atoms with E-state index in [4.69, 9.17) is 9.47 Å².